The van der Waals surface area contributed by atoms with Gasteiger partial charge in [0.2, 0.25) is 0 Å². The van der Waals surface area contributed by atoms with Crippen LogP contribution in [0.15, 0.2) is 17.1 Å². The summed E-state index contributed by atoms with van der Waals surface area (Å²) >= 11 is 0. The summed E-state index contributed by atoms with van der Waals surface area (Å²) in [5, 5.41) is 11.0. The fourth-order valence-corrected chi connectivity index (χ4v) is 3.84. The Morgan fingerprint density at radius 1 is 1.17 bits per heavy atom. The van der Waals surface area contributed by atoms with E-state index in [1.54, 1.807) is 0 Å². The van der Waals surface area contributed by atoms with Crippen LogP contribution in [-0.4, -0.2) is 49.1 Å². The van der Waals surface area contributed by atoms with E-state index in [-0.39, 0.29) is 5.41 Å². The zero-order chi connectivity index (χ0) is 21.3. The molecular formula is C25H42N2O2. The van der Waals surface area contributed by atoms with E-state index in [9.17, 15) is 5.11 Å². The maximum Gasteiger partial charge on any atom is 0.128 e. The van der Waals surface area contributed by atoms with Gasteiger partial charge >= 0.3 is 0 Å². The number of phenols is 1. The second-order valence-corrected chi connectivity index (χ2v) is 9.60. The third-order valence-electron chi connectivity index (χ3n) is 5.70. The number of aliphatic imine (C=N–C) groups is 1. The third-order valence-corrected chi connectivity index (χ3v) is 5.70. The molecule has 0 heterocycles. The Kier molecular flexibility index (Phi) is 9.64. The van der Waals surface area contributed by atoms with Crippen molar-refractivity contribution in [2.45, 2.75) is 90.6 Å². The van der Waals surface area contributed by atoms with Crippen molar-refractivity contribution in [1.82, 2.24) is 4.90 Å². The standard InChI is InChI=1S/C25H42N2O2/c1-6-14-29-15-10-13-27(5)19-21-17-22(25(2,3)4)16-20(24(21)28)18-26-23-11-8-7-9-12-23/h16-18,23,28H,6-15,19H2,1-5H3. The van der Waals surface area contributed by atoms with Gasteiger partial charge in [0.05, 0.1) is 0 Å². The van der Waals surface area contributed by atoms with Crippen molar-refractivity contribution in [3.05, 3.63) is 28.8 Å². The molecule has 0 unspecified atom stereocenters. The number of nitrogens with zero attached hydrogens (tertiary/aromatic N) is 2. The Morgan fingerprint density at radius 3 is 2.55 bits per heavy atom. The molecule has 0 radical (unpaired) electrons. The molecule has 1 aromatic carbocycles. The number of hydrogen-bond donors (Lipinski definition) is 1. The smallest absolute Gasteiger partial charge is 0.128 e. The summed E-state index contributed by atoms with van der Waals surface area (Å²) in [5.74, 6) is 0.381. The number of benzene rings is 1. The summed E-state index contributed by atoms with van der Waals surface area (Å²) in [6, 6.07) is 4.69. The predicted molar refractivity (Wildman–Crippen MR) is 123 cm³/mol. The van der Waals surface area contributed by atoms with Crippen LogP contribution in [0.1, 0.15) is 89.3 Å². The highest BCUT2D eigenvalue weighted by Gasteiger charge is 2.19. The molecule has 0 amide bonds. The van der Waals surface area contributed by atoms with Gasteiger partial charge in [0, 0.05) is 49.7 Å². The second kappa shape index (κ2) is 11.7. The first-order valence-electron chi connectivity index (χ1n) is 11.5. The molecule has 0 spiro atoms. The van der Waals surface area contributed by atoms with Gasteiger partial charge in [-0.3, -0.25) is 4.99 Å². The first-order chi connectivity index (χ1) is 13.8. The highest BCUT2D eigenvalue weighted by molar-refractivity contribution is 5.84. The average Bonchev–Trinajstić information content (AvgIpc) is 2.68. The maximum atomic E-state index is 11.0. The molecule has 29 heavy (non-hydrogen) atoms. The lowest BCUT2D eigenvalue weighted by atomic mass is 9.84. The Hall–Kier alpha value is -1.39. The molecule has 4 nitrogen and oxygen atoms in total. The summed E-state index contributed by atoms with van der Waals surface area (Å²) in [4.78, 5) is 7.08. The minimum atomic E-state index is 0.0302. The van der Waals surface area contributed by atoms with Crippen LogP contribution in [0.2, 0.25) is 0 Å². The van der Waals surface area contributed by atoms with Crippen molar-refractivity contribution in [2.24, 2.45) is 4.99 Å². The van der Waals surface area contributed by atoms with Gasteiger partial charge in [0.25, 0.3) is 0 Å². The molecule has 1 aromatic rings. The van der Waals surface area contributed by atoms with E-state index in [0.717, 1.165) is 50.3 Å². The molecule has 1 fully saturated rings. The summed E-state index contributed by atoms with van der Waals surface area (Å²) in [7, 11) is 2.11. The molecule has 1 N–H and O–H groups in total. The zero-order valence-electron chi connectivity index (χ0n) is 19.3. The maximum absolute atomic E-state index is 11.0. The minimum Gasteiger partial charge on any atom is -0.507 e. The molecule has 0 atom stereocenters. The van der Waals surface area contributed by atoms with Crippen LogP contribution in [0.5, 0.6) is 5.75 Å². The van der Waals surface area contributed by atoms with Crippen LogP contribution in [0.25, 0.3) is 0 Å². The van der Waals surface area contributed by atoms with Gasteiger partial charge in [-0.15, -0.1) is 0 Å². The Morgan fingerprint density at radius 2 is 1.90 bits per heavy atom. The summed E-state index contributed by atoms with van der Waals surface area (Å²) in [5.41, 5.74) is 3.12. The normalized spacial score (nSPS) is 16.2. The lowest BCUT2D eigenvalue weighted by Gasteiger charge is -2.24. The molecule has 2 rings (SSSR count). The van der Waals surface area contributed by atoms with Crippen molar-refractivity contribution in [1.29, 1.82) is 0 Å². The van der Waals surface area contributed by atoms with Crippen LogP contribution < -0.4 is 0 Å². The molecule has 1 aliphatic carbocycles. The number of rotatable bonds is 10. The van der Waals surface area contributed by atoms with E-state index >= 15 is 0 Å². The largest absolute Gasteiger partial charge is 0.507 e. The molecule has 0 aliphatic heterocycles. The van der Waals surface area contributed by atoms with Crippen molar-refractivity contribution in [3.63, 3.8) is 0 Å². The van der Waals surface area contributed by atoms with E-state index in [0.29, 0.717) is 11.8 Å². The first-order valence-corrected chi connectivity index (χ1v) is 11.5. The van der Waals surface area contributed by atoms with Gasteiger partial charge in [0.15, 0.2) is 0 Å². The van der Waals surface area contributed by atoms with Crippen LogP contribution >= 0.6 is 0 Å². The molecule has 4 heteroatoms. The highest BCUT2D eigenvalue weighted by atomic mass is 16.5. The molecular weight excluding hydrogens is 360 g/mol. The molecule has 0 aromatic heterocycles. The van der Waals surface area contributed by atoms with Crippen molar-refractivity contribution in [3.8, 4) is 5.75 Å². The van der Waals surface area contributed by atoms with Crippen LogP contribution in [0, 0.1) is 0 Å². The van der Waals surface area contributed by atoms with Crippen molar-refractivity contribution < 1.29 is 9.84 Å². The fourth-order valence-electron chi connectivity index (χ4n) is 3.84. The van der Waals surface area contributed by atoms with Crippen LogP contribution in [-0.2, 0) is 16.7 Å². The zero-order valence-corrected chi connectivity index (χ0v) is 19.3. The summed E-state index contributed by atoms with van der Waals surface area (Å²) < 4.78 is 5.59. The topological polar surface area (TPSA) is 45.1 Å². The van der Waals surface area contributed by atoms with Gasteiger partial charge in [-0.05, 0) is 49.8 Å². The molecule has 0 bridgehead atoms. The predicted octanol–water partition coefficient (Wildman–Crippen LogP) is 5.69. The number of hydrogen-bond acceptors (Lipinski definition) is 4. The minimum absolute atomic E-state index is 0.0302. The van der Waals surface area contributed by atoms with E-state index in [2.05, 4.69) is 51.8 Å². The van der Waals surface area contributed by atoms with E-state index in [1.165, 1.54) is 37.7 Å². The lowest BCUT2D eigenvalue weighted by Crippen LogP contribution is -2.21. The quantitative estimate of drug-likeness (QED) is 0.404. The number of aromatic hydroxyl groups is 1. The molecule has 164 valence electrons. The highest BCUT2D eigenvalue weighted by Crippen LogP contribution is 2.31. The van der Waals surface area contributed by atoms with Gasteiger partial charge in [-0.25, -0.2) is 0 Å². The van der Waals surface area contributed by atoms with E-state index < -0.39 is 0 Å². The van der Waals surface area contributed by atoms with Gasteiger partial charge in [-0.1, -0.05) is 53.0 Å². The molecule has 1 saturated carbocycles. The Balaban J connectivity index is 2.12. The van der Waals surface area contributed by atoms with Crippen molar-refractivity contribution in [2.75, 3.05) is 26.8 Å². The average molecular weight is 403 g/mol. The fraction of sp³-hybridized carbons (Fsp3) is 0.720. The van der Waals surface area contributed by atoms with Crippen molar-refractivity contribution >= 4 is 6.21 Å². The summed E-state index contributed by atoms with van der Waals surface area (Å²) in [6.45, 7) is 12.1. The molecule has 0 saturated heterocycles. The van der Waals surface area contributed by atoms with Crippen LogP contribution in [0.4, 0.5) is 0 Å². The molecule has 1 aliphatic rings. The monoisotopic (exact) mass is 402 g/mol. The van der Waals surface area contributed by atoms with Gasteiger partial charge < -0.3 is 14.7 Å². The van der Waals surface area contributed by atoms with Crippen LogP contribution in [0.3, 0.4) is 0 Å². The Bertz CT molecular complexity index is 643. The Labute approximate surface area is 178 Å². The lowest BCUT2D eigenvalue weighted by molar-refractivity contribution is 0.123. The van der Waals surface area contributed by atoms with Gasteiger partial charge in [-0.2, -0.15) is 0 Å². The number of ether oxygens (including phenoxy) is 1. The van der Waals surface area contributed by atoms with E-state index in [1.807, 2.05) is 6.21 Å². The number of phenolic OH excluding ortho intramolecular Hbond substituents is 1. The SMILES string of the molecule is CCCOCCCN(C)Cc1cc(C(C)(C)C)cc(C=NC2CCCCC2)c1O. The summed E-state index contributed by atoms with van der Waals surface area (Å²) in [6.07, 6.45) is 10.2. The second-order valence-electron chi connectivity index (χ2n) is 9.60. The van der Waals surface area contributed by atoms with E-state index in [4.69, 9.17) is 9.73 Å². The van der Waals surface area contributed by atoms with Gasteiger partial charge in [0.1, 0.15) is 5.75 Å². The third kappa shape index (κ3) is 8.10. The first kappa shape index (κ1) is 23.9.